The lowest BCUT2D eigenvalue weighted by molar-refractivity contribution is 0.183. The first-order valence-electron chi connectivity index (χ1n) is 9.67. The summed E-state index contributed by atoms with van der Waals surface area (Å²) in [7, 11) is 0. The van der Waals surface area contributed by atoms with Gasteiger partial charge in [-0.05, 0) is 30.9 Å². The summed E-state index contributed by atoms with van der Waals surface area (Å²) in [6.45, 7) is 5.59. The molecule has 0 aliphatic carbocycles. The maximum atomic E-state index is 12.9. The number of benzene rings is 1. The van der Waals surface area contributed by atoms with Crippen molar-refractivity contribution in [2.24, 2.45) is 0 Å². The van der Waals surface area contributed by atoms with Gasteiger partial charge < -0.3 is 9.47 Å². The summed E-state index contributed by atoms with van der Waals surface area (Å²) in [6, 6.07) is 12.1. The number of amides is 2. The molecule has 8 heteroatoms. The molecule has 0 unspecified atom stereocenters. The molecular formula is C20H25N7O. The molecule has 4 rings (SSSR count). The zero-order chi connectivity index (χ0) is 19.5. The highest BCUT2D eigenvalue weighted by molar-refractivity contribution is 5.89. The van der Waals surface area contributed by atoms with E-state index in [4.69, 9.17) is 5.10 Å². The predicted molar refractivity (Wildman–Crippen MR) is 107 cm³/mol. The molecule has 1 aliphatic heterocycles. The fraction of sp³-hybridized carbons (Fsp3) is 0.400. The van der Waals surface area contributed by atoms with E-state index >= 15 is 0 Å². The molecule has 0 radical (unpaired) electrons. The summed E-state index contributed by atoms with van der Waals surface area (Å²) in [5.41, 5.74) is 1.88. The van der Waals surface area contributed by atoms with E-state index in [2.05, 4.69) is 29.4 Å². The summed E-state index contributed by atoms with van der Waals surface area (Å²) in [4.78, 5) is 14.7. The van der Waals surface area contributed by atoms with Gasteiger partial charge in [-0.3, -0.25) is 5.32 Å². The van der Waals surface area contributed by atoms with Crippen molar-refractivity contribution in [3.8, 4) is 5.69 Å². The van der Waals surface area contributed by atoms with Crippen LogP contribution in [-0.4, -0.2) is 48.6 Å². The van der Waals surface area contributed by atoms with Crippen LogP contribution in [0.15, 0.2) is 49.1 Å². The lowest BCUT2D eigenvalue weighted by atomic mass is 10.1. The third-order valence-electron chi connectivity index (χ3n) is 5.17. The number of hydrogen-bond donors (Lipinski definition) is 1. The SMILES string of the molecule is CC(C)c1cc(NC(=O)N2CCC(n3cnnc3)CC2)n(-c2ccccc2)n1. The first kappa shape index (κ1) is 18.2. The molecule has 1 saturated heterocycles. The number of nitrogens with zero attached hydrogens (tertiary/aromatic N) is 6. The zero-order valence-electron chi connectivity index (χ0n) is 16.2. The Balaban J connectivity index is 1.47. The molecule has 0 spiro atoms. The quantitative estimate of drug-likeness (QED) is 0.753. The van der Waals surface area contributed by atoms with Crippen LogP contribution in [0.2, 0.25) is 0 Å². The highest BCUT2D eigenvalue weighted by Gasteiger charge is 2.25. The second kappa shape index (κ2) is 7.84. The van der Waals surface area contributed by atoms with Gasteiger partial charge >= 0.3 is 6.03 Å². The molecule has 146 valence electrons. The van der Waals surface area contributed by atoms with E-state index in [1.165, 1.54) is 0 Å². The van der Waals surface area contributed by atoms with Gasteiger partial charge in [0, 0.05) is 25.2 Å². The Bertz CT molecular complexity index is 909. The van der Waals surface area contributed by atoms with Crippen molar-refractivity contribution in [1.29, 1.82) is 0 Å². The van der Waals surface area contributed by atoms with Crippen LogP contribution in [0.3, 0.4) is 0 Å². The average Bonchev–Trinajstić information content (AvgIpc) is 3.39. The van der Waals surface area contributed by atoms with Gasteiger partial charge in [0.2, 0.25) is 0 Å². The van der Waals surface area contributed by atoms with Gasteiger partial charge in [-0.2, -0.15) is 5.10 Å². The maximum absolute atomic E-state index is 12.9. The van der Waals surface area contributed by atoms with Crippen molar-refractivity contribution in [3.05, 3.63) is 54.7 Å². The smallest absolute Gasteiger partial charge is 0.323 e. The maximum Gasteiger partial charge on any atom is 0.323 e. The number of carbonyl (C=O) groups is 1. The second-order valence-corrected chi connectivity index (χ2v) is 7.41. The molecule has 3 heterocycles. The van der Waals surface area contributed by atoms with Crippen molar-refractivity contribution in [2.45, 2.75) is 38.6 Å². The number of aromatic nitrogens is 5. The first-order chi connectivity index (χ1) is 13.6. The van der Waals surface area contributed by atoms with Crippen molar-refractivity contribution in [1.82, 2.24) is 29.4 Å². The predicted octanol–water partition coefficient (Wildman–Crippen LogP) is 3.46. The fourth-order valence-corrected chi connectivity index (χ4v) is 3.49. The number of para-hydroxylation sites is 1. The molecule has 2 amide bonds. The zero-order valence-corrected chi connectivity index (χ0v) is 16.2. The van der Waals surface area contributed by atoms with Gasteiger partial charge in [-0.25, -0.2) is 9.48 Å². The molecular weight excluding hydrogens is 354 g/mol. The summed E-state index contributed by atoms with van der Waals surface area (Å²) in [5, 5.41) is 15.5. The number of anilines is 1. The summed E-state index contributed by atoms with van der Waals surface area (Å²) in [6.07, 6.45) is 5.26. The minimum absolute atomic E-state index is 0.0883. The van der Waals surface area contributed by atoms with E-state index in [-0.39, 0.29) is 11.9 Å². The van der Waals surface area contributed by atoms with E-state index in [0.29, 0.717) is 24.9 Å². The molecule has 0 saturated carbocycles. The average molecular weight is 379 g/mol. The van der Waals surface area contributed by atoms with Crippen molar-refractivity contribution >= 4 is 11.8 Å². The largest absolute Gasteiger partial charge is 0.324 e. The topological polar surface area (TPSA) is 80.9 Å². The van der Waals surface area contributed by atoms with Gasteiger partial charge in [0.1, 0.15) is 18.5 Å². The molecule has 1 N–H and O–H groups in total. The third-order valence-corrected chi connectivity index (χ3v) is 5.17. The number of carbonyl (C=O) groups excluding carboxylic acids is 1. The molecule has 8 nitrogen and oxygen atoms in total. The Morgan fingerprint density at radius 1 is 1.11 bits per heavy atom. The third kappa shape index (κ3) is 3.76. The number of hydrogen-bond acceptors (Lipinski definition) is 4. The minimum Gasteiger partial charge on any atom is -0.324 e. The van der Waals surface area contributed by atoms with Crippen LogP contribution >= 0.6 is 0 Å². The number of rotatable bonds is 4. The van der Waals surface area contributed by atoms with Crippen LogP contribution in [-0.2, 0) is 0 Å². The van der Waals surface area contributed by atoms with Crippen molar-refractivity contribution in [3.63, 3.8) is 0 Å². The molecule has 1 aliphatic rings. The Kier molecular flexibility index (Phi) is 5.10. The Morgan fingerprint density at radius 2 is 1.79 bits per heavy atom. The molecule has 0 bridgehead atoms. The molecule has 28 heavy (non-hydrogen) atoms. The molecule has 3 aromatic rings. The minimum atomic E-state index is -0.0883. The van der Waals surface area contributed by atoms with Crippen LogP contribution in [0.25, 0.3) is 5.69 Å². The molecule has 2 aromatic heterocycles. The van der Waals surface area contributed by atoms with Gasteiger partial charge in [-0.15, -0.1) is 10.2 Å². The summed E-state index contributed by atoms with van der Waals surface area (Å²) >= 11 is 0. The van der Waals surface area contributed by atoms with E-state index in [9.17, 15) is 4.79 Å². The summed E-state index contributed by atoms with van der Waals surface area (Å²) < 4.78 is 3.83. The normalized spacial score (nSPS) is 15.2. The number of nitrogens with one attached hydrogen (secondary N) is 1. The van der Waals surface area contributed by atoms with Crippen molar-refractivity contribution in [2.75, 3.05) is 18.4 Å². The number of urea groups is 1. The van der Waals surface area contributed by atoms with Gasteiger partial charge in [0.15, 0.2) is 0 Å². The van der Waals surface area contributed by atoms with Crippen LogP contribution in [0.1, 0.15) is 44.3 Å². The lowest BCUT2D eigenvalue weighted by Crippen LogP contribution is -2.41. The highest BCUT2D eigenvalue weighted by atomic mass is 16.2. The fourth-order valence-electron chi connectivity index (χ4n) is 3.49. The van der Waals surface area contributed by atoms with E-state index < -0.39 is 0 Å². The van der Waals surface area contributed by atoms with E-state index in [1.807, 2.05) is 45.9 Å². The Labute approximate surface area is 164 Å². The van der Waals surface area contributed by atoms with Crippen LogP contribution < -0.4 is 5.32 Å². The lowest BCUT2D eigenvalue weighted by Gasteiger charge is -2.32. The first-order valence-corrected chi connectivity index (χ1v) is 9.67. The van der Waals surface area contributed by atoms with E-state index in [0.717, 1.165) is 24.2 Å². The van der Waals surface area contributed by atoms with Crippen LogP contribution in [0.5, 0.6) is 0 Å². The standard InChI is InChI=1S/C20H25N7O/c1-15(2)18-12-19(27(24-18)17-6-4-3-5-7-17)23-20(28)25-10-8-16(9-11-25)26-13-21-22-14-26/h3-7,12-16H,8-11H2,1-2H3,(H,23,28). The number of likely N-dealkylation sites (tertiary alicyclic amines) is 1. The van der Waals surface area contributed by atoms with E-state index in [1.54, 1.807) is 17.3 Å². The highest BCUT2D eigenvalue weighted by Crippen LogP contribution is 2.25. The van der Waals surface area contributed by atoms with Gasteiger partial charge in [0.25, 0.3) is 0 Å². The monoisotopic (exact) mass is 379 g/mol. The Morgan fingerprint density at radius 3 is 2.43 bits per heavy atom. The van der Waals surface area contributed by atoms with Crippen LogP contribution in [0, 0.1) is 0 Å². The molecule has 1 fully saturated rings. The van der Waals surface area contributed by atoms with Crippen molar-refractivity contribution < 1.29 is 4.79 Å². The van der Waals surface area contributed by atoms with Crippen LogP contribution in [0.4, 0.5) is 10.6 Å². The number of piperidine rings is 1. The second-order valence-electron chi connectivity index (χ2n) is 7.41. The molecule has 0 atom stereocenters. The van der Waals surface area contributed by atoms with Gasteiger partial charge in [0.05, 0.1) is 11.4 Å². The summed E-state index contributed by atoms with van der Waals surface area (Å²) in [5.74, 6) is 0.973. The van der Waals surface area contributed by atoms with Gasteiger partial charge in [-0.1, -0.05) is 32.0 Å². The molecule has 1 aromatic carbocycles. The Hall–Kier alpha value is -3.16.